The topological polar surface area (TPSA) is 102 Å². The van der Waals surface area contributed by atoms with E-state index in [1.807, 2.05) is 0 Å². The molecular weight excluding hydrogens is 429 g/mol. The number of ether oxygens (including phenoxy) is 2. The maximum atomic E-state index is 14.0. The molecule has 0 saturated heterocycles. The second-order valence-corrected chi connectivity index (χ2v) is 7.00. The van der Waals surface area contributed by atoms with Gasteiger partial charge in [0.25, 0.3) is 0 Å². The normalized spacial score (nSPS) is 12.8. The van der Waals surface area contributed by atoms with Crippen LogP contribution in [0.2, 0.25) is 0 Å². The number of carbonyl (C=O) groups is 1. The van der Waals surface area contributed by atoms with E-state index in [4.69, 9.17) is 9.47 Å². The van der Waals surface area contributed by atoms with Gasteiger partial charge in [-0.2, -0.15) is 9.61 Å². The SMILES string of the molecule is CNc1cc(Nc2cc(F)cc3c2OCCO3)nc2c(NC(=O)CCCC(F)F)cnn12. The number of alkyl halides is 2. The Balaban J connectivity index is 1.62. The van der Waals surface area contributed by atoms with E-state index in [1.165, 1.54) is 22.8 Å². The van der Waals surface area contributed by atoms with Crippen molar-refractivity contribution in [3.8, 4) is 11.5 Å². The van der Waals surface area contributed by atoms with E-state index in [0.29, 0.717) is 47.6 Å². The summed E-state index contributed by atoms with van der Waals surface area (Å²) in [5.41, 5.74) is 0.952. The number of nitrogens with one attached hydrogen (secondary N) is 3. The van der Waals surface area contributed by atoms with Gasteiger partial charge in [0.2, 0.25) is 12.3 Å². The number of halogens is 3. The monoisotopic (exact) mass is 450 g/mol. The van der Waals surface area contributed by atoms with Gasteiger partial charge < -0.3 is 25.4 Å². The molecule has 0 radical (unpaired) electrons. The highest BCUT2D eigenvalue weighted by atomic mass is 19.3. The van der Waals surface area contributed by atoms with Crippen LogP contribution in [0.1, 0.15) is 19.3 Å². The molecule has 4 rings (SSSR count). The van der Waals surface area contributed by atoms with Crippen molar-refractivity contribution < 1.29 is 27.4 Å². The summed E-state index contributed by atoms with van der Waals surface area (Å²) >= 11 is 0. The summed E-state index contributed by atoms with van der Waals surface area (Å²) in [6.07, 6.45) is -1.36. The Hall–Kier alpha value is -3.70. The van der Waals surface area contributed by atoms with Gasteiger partial charge >= 0.3 is 0 Å². The summed E-state index contributed by atoms with van der Waals surface area (Å²) in [5, 5.41) is 12.9. The number of aromatic nitrogens is 3. The first kappa shape index (κ1) is 21.5. The molecule has 0 aliphatic carbocycles. The lowest BCUT2D eigenvalue weighted by Gasteiger charge is -2.21. The predicted molar refractivity (Wildman–Crippen MR) is 112 cm³/mol. The lowest BCUT2D eigenvalue weighted by Crippen LogP contribution is -2.16. The van der Waals surface area contributed by atoms with Crippen molar-refractivity contribution >= 4 is 34.6 Å². The summed E-state index contributed by atoms with van der Waals surface area (Å²) in [4.78, 5) is 16.6. The minimum absolute atomic E-state index is 0.0503. The second kappa shape index (κ2) is 9.20. The average Bonchev–Trinajstić information content (AvgIpc) is 3.15. The first-order valence-corrected chi connectivity index (χ1v) is 9.95. The third kappa shape index (κ3) is 4.63. The zero-order valence-electron chi connectivity index (χ0n) is 17.1. The smallest absolute Gasteiger partial charge is 0.238 e. The van der Waals surface area contributed by atoms with E-state index < -0.39 is 18.1 Å². The molecule has 12 heteroatoms. The largest absolute Gasteiger partial charge is 0.486 e. The van der Waals surface area contributed by atoms with Crippen molar-refractivity contribution in [2.24, 2.45) is 0 Å². The van der Waals surface area contributed by atoms with Gasteiger partial charge in [-0.05, 0) is 6.42 Å². The quantitative estimate of drug-likeness (QED) is 0.480. The Kier molecular flexibility index (Phi) is 6.19. The third-order valence-electron chi connectivity index (χ3n) is 4.70. The average molecular weight is 450 g/mol. The van der Waals surface area contributed by atoms with Crippen LogP contribution in [0.3, 0.4) is 0 Å². The second-order valence-electron chi connectivity index (χ2n) is 7.00. The Morgan fingerprint density at radius 1 is 1.22 bits per heavy atom. The standard InChI is InChI=1S/C20H21F3N6O3/c1-24-17-9-16(26-12-7-11(21)8-14-19(12)32-6-5-31-14)28-20-13(10-25-29(17)20)27-18(30)4-2-3-15(22)23/h7-10,15,24H,2-6H2,1H3,(H,26,28)(H,27,30). The van der Waals surface area contributed by atoms with Crippen LogP contribution in [-0.4, -0.2) is 47.2 Å². The van der Waals surface area contributed by atoms with Gasteiger partial charge in [0.1, 0.15) is 36.4 Å². The molecule has 0 spiro atoms. The molecule has 0 atom stereocenters. The first-order valence-electron chi connectivity index (χ1n) is 9.95. The van der Waals surface area contributed by atoms with Gasteiger partial charge in [-0.15, -0.1) is 0 Å². The van der Waals surface area contributed by atoms with Gasteiger partial charge in [0.05, 0.1) is 11.9 Å². The van der Waals surface area contributed by atoms with E-state index in [-0.39, 0.29) is 25.0 Å². The minimum Gasteiger partial charge on any atom is -0.486 e. The van der Waals surface area contributed by atoms with Crippen molar-refractivity contribution in [1.29, 1.82) is 0 Å². The lowest BCUT2D eigenvalue weighted by molar-refractivity contribution is -0.116. The maximum absolute atomic E-state index is 14.0. The molecule has 0 unspecified atom stereocenters. The predicted octanol–water partition coefficient (Wildman–Crippen LogP) is 3.80. The summed E-state index contributed by atoms with van der Waals surface area (Å²) in [7, 11) is 1.68. The van der Waals surface area contributed by atoms with Crippen LogP contribution in [0.5, 0.6) is 11.5 Å². The highest BCUT2D eigenvalue weighted by Crippen LogP contribution is 2.40. The van der Waals surface area contributed by atoms with Gasteiger partial charge in [0, 0.05) is 38.1 Å². The Morgan fingerprint density at radius 3 is 2.81 bits per heavy atom. The molecule has 3 aromatic rings. The van der Waals surface area contributed by atoms with Crippen LogP contribution < -0.4 is 25.4 Å². The first-order chi connectivity index (χ1) is 15.4. The summed E-state index contributed by atoms with van der Waals surface area (Å²) in [5.74, 6) is 0.598. The summed E-state index contributed by atoms with van der Waals surface area (Å²) < 4.78 is 51.2. The Morgan fingerprint density at radius 2 is 2.03 bits per heavy atom. The van der Waals surface area contributed by atoms with Crippen molar-refractivity contribution in [3.05, 3.63) is 30.2 Å². The van der Waals surface area contributed by atoms with E-state index in [2.05, 4.69) is 26.0 Å². The number of nitrogens with zero attached hydrogens (tertiary/aromatic N) is 3. The fourth-order valence-electron chi connectivity index (χ4n) is 3.27. The fraction of sp³-hybridized carbons (Fsp3) is 0.350. The lowest BCUT2D eigenvalue weighted by atomic mass is 10.2. The van der Waals surface area contributed by atoms with Crippen LogP contribution in [0, 0.1) is 5.82 Å². The molecule has 0 saturated carbocycles. The van der Waals surface area contributed by atoms with Gasteiger partial charge in [-0.25, -0.2) is 18.2 Å². The Labute approximate surface area is 180 Å². The molecule has 3 N–H and O–H groups in total. The van der Waals surface area contributed by atoms with Crippen LogP contribution in [0.4, 0.5) is 36.2 Å². The van der Waals surface area contributed by atoms with Crippen molar-refractivity contribution in [2.45, 2.75) is 25.7 Å². The van der Waals surface area contributed by atoms with Crippen LogP contribution in [-0.2, 0) is 4.79 Å². The number of carbonyl (C=O) groups excluding carboxylic acids is 1. The van der Waals surface area contributed by atoms with Gasteiger partial charge in [-0.1, -0.05) is 0 Å². The fourth-order valence-corrected chi connectivity index (χ4v) is 3.27. The van der Waals surface area contributed by atoms with E-state index in [1.54, 1.807) is 13.1 Å². The Bertz CT molecular complexity index is 1140. The summed E-state index contributed by atoms with van der Waals surface area (Å²) in [6, 6.07) is 4.16. The van der Waals surface area contributed by atoms with E-state index in [0.717, 1.165) is 0 Å². The van der Waals surface area contributed by atoms with E-state index >= 15 is 0 Å². The van der Waals surface area contributed by atoms with E-state index in [9.17, 15) is 18.0 Å². The maximum Gasteiger partial charge on any atom is 0.238 e. The molecule has 32 heavy (non-hydrogen) atoms. The molecule has 170 valence electrons. The zero-order chi connectivity index (χ0) is 22.7. The molecule has 1 aliphatic heterocycles. The number of fused-ring (bicyclic) bond motifs is 2. The molecular formula is C20H21F3N6O3. The highest BCUT2D eigenvalue weighted by molar-refractivity contribution is 5.94. The molecule has 1 aromatic carbocycles. The number of rotatable bonds is 8. The molecule has 0 fully saturated rings. The zero-order valence-corrected chi connectivity index (χ0v) is 17.1. The molecule has 1 aliphatic rings. The van der Waals surface area contributed by atoms with Crippen molar-refractivity contribution in [2.75, 3.05) is 36.2 Å². The van der Waals surface area contributed by atoms with Crippen molar-refractivity contribution in [3.63, 3.8) is 0 Å². The number of benzene rings is 1. The van der Waals surface area contributed by atoms with Crippen LogP contribution >= 0.6 is 0 Å². The number of anilines is 4. The molecule has 9 nitrogen and oxygen atoms in total. The highest BCUT2D eigenvalue weighted by Gasteiger charge is 2.20. The van der Waals surface area contributed by atoms with Crippen LogP contribution in [0.15, 0.2) is 24.4 Å². The van der Waals surface area contributed by atoms with Crippen LogP contribution in [0.25, 0.3) is 5.65 Å². The minimum atomic E-state index is -2.45. The number of amides is 1. The molecule has 0 bridgehead atoms. The van der Waals surface area contributed by atoms with Gasteiger partial charge in [0.15, 0.2) is 17.1 Å². The summed E-state index contributed by atoms with van der Waals surface area (Å²) in [6.45, 7) is 0.645. The number of hydrogen-bond acceptors (Lipinski definition) is 7. The van der Waals surface area contributed by atoms with Gasteiger partial charge in [-0.3, -0.25) is 4.79 Å². The molecule has 1 amide bonds. The molecule has 2 aromatic heterocycles. The third-order valence-corrected chi connectivity index (χ3v) is 4.70. The number of hydrogen-bond donors (Lipinski definition) is 3. The molecule has 3 heterocycles. The van der Waals surface area contributed by atoms with Crippen molar-refractivity contribution in [1.82, 2.24) is 14.6 Å².